The number of carbonyl (C=O) groups is 1. The number of nitrogens with one attached hydrogen (secondary N) is 1. The highest BCUT2D eigenvalue weighted by atomic mass is 35.5. The van der Waals surface area contributed by atoms with Crippen LogP contribution in [0.5, 0.6) is 0 Å². The lowest BCUT2D eigenvalue weighted by Crippen LogP contribution is -2.31. The molecule has 1 aliphatic rings. The number of piperidine rings is 1. The minimum Gasteiger partial charge on any atom is -0.303 e. The van der Waals surface area contributed by atoms with E-state index in [1.807, 2.05) is 0 Å². The molecule has 0 saturated carbocycles. The van der Waals surface area contributed by atoms with Crippen LogP contribution < -0.4 is 5.32 Å². The van der Waals surface area contributed by atoms with Crippen LogP contribution in [0, 0.1) is 0 Å². The van der Waals surface area contributed by atoms with Crippen LogP contribution in [-0.4, -0.2) is 46.4 Å². The first-order valence-corrected chi connectivity index (χ1v) is 10.1. The second kappa shape index (κ2) is 10.3. The largest absolute Gasteiger partial charge is 0.303 e. The number of thioether (sulfide) groups is 1. The third kappa shape index (κ3) is 6.42. The first-order chi connectivity index (χ1) is 11.7. The van der Waals surface area contributed by atoms with Crippen LogP contribution in [0.4, 0.5) is 5.13 Å². The van der Waals surface area contributed by atoms with E-state index in [2.05, 4.69) is 20.4 Å². The van der Waals surface area contributed by atoms with Crippen LogP contribution in [0.3, 0.4) is 0 Å². The van der Waals surface area contributed by atoms with Crippen molar-refractivity contribution in [2.45, 2.75) is 23.6 Å². The van der Waals surface area contributed by atoms with E-state index in [9.17, 15) is 4.79 Å². The molecule has 1 aromatic carbocycles. The Labute approximate surface area is 167 Å². The standard InChI is InChI=1S/C16H19ClN4OS2.ClH/c17-13-6-4-12(5-7-13)14(22)18-15-19-20-16(24-15)23-11-10-21-8-2-1-3-9-21;/h4-7H,1-3,8-11H2,(H,18,19,22);1H. The molecule has 1 fully saturated rings. The molecule has 0 aliphatic carbocycles. The summed E-state index contributed by atoms with van der Waals surface area (Å²) in [6.45, 7) is 3.49. The Balaban J connectivity index is 0.00000225. The Morgan fingerprint density at radius 2 is 1.92 bits per heavy atom. The van der Waals surface area contributed by atoms with Crippen molar-refractivity contribution in [1.29, 1.82) is 0 Å². The van der Waals surface area contributed by atoms with Gasteiger partial charge in [-0.05, 0) is 50.2 Å². The number of amides is 1. The summed E-state index contributed by atoms with van der Waals surface area (Å²) in [5, 5.41) is 12.1. The molecule has 1 amide bonds. The van der Waals surface area contributed by atoms with Crippen molar-refractivity contribution in [3.8, 4) is 0 Å². The third-order valence-electron chi connectivity index (χ3n) is 3.82. The van der Waals surface area contributed by atoms with Gasteiger partial charge < -0.3 is 4.90 Å². The van der Waals surface area contributed by atoms with Gasteiger partial charge in [0.25, 0.3) is 5.91 Å². The Morgan fingerprint density at radius 1 is 1.20 bits per heavy atom. The summed E-state index contributed by atoms with van der Waals surface area (Å²) in [5.74, 6) is 0.799. The highest BCUT2D eigenvalue weighted by molar-refractivity contribution is 8.01. The minimum atomic E-state index is -0.201. The van der Waals surface area contributed by atoms with Crippen LogP contribution in [-0.2, 0) is 0 Å². The van der Waals surface area contributed by atoms with E-state index < -0.39 is 0 Å². The summed E-state index contributed by atoms with van der Waals surface area (Å²) in [7, 11) is 0. The van der Waals surface area contributed by atoms with E-state index in [0.717, 1.165) is 16.6 Å². The highest BCUT2D eigenvalue weighted by Crippen LogP contribution is 2.26. The van der Waals surface area contributed by atoms with E-state index in [4.69, 9.17) is 11.6 Å². The van der Waals surface area contributed by atoms with Gasteiger partial charge in [0.1, 0.15) is 0 Å². The summed E-state index contributed by atoms with van der Waals surface area (Å²) in [5.41, 5.74) is 0.550. The van der Waals surface area contributed by atoms with Gasteiger partial charge in [-0.3, -0.25) is 10.1 Å². The molecule has 1 aliphatic heterocycles. The molecule has 0 unspecified atom stereocenters. The fraction of sp³-hybridized carbons (Fsp3) is 0.438. The van der Waals surface area contributed by atoms with E-state index >= 15 is 0 Å². The number of aromatic nitrogens is 2. The fourth-order valence-corrected chi connectivity index (χ4v) is 4.48. The minimum absolute atomic E-state index is 0. The molecule has 2 heterocycles. The molecule has 0 spiro atoms. The van der Waals surface area contributed by atoms with Gasteiger partial charge in [-0.1, -0.05) is 41.1 Å². The average Bonchev–Trinajstić information content (AvgIpc) is 3.04. The quantitative estimate of drug-likeness (QED) is 0.554. The zero-order valence-corrected chi connectivity index (χ0v) is 16.8. The SMILES string of the molecule is Cl.O=C(Nc1nnc(SCCN2CCCCC2)s1)c1ccc(Cl)cc1. The van der Waals surface area contributed by atoms with Gasteiger partial charge in [-0.15, -0.1) is 22.6 Å². The van der Waals surface area contributed by atoms with Crippen LogP contribution in [0.25, 0.3) is 0 Å². The summed E-state index contributed by atoms with van der Waals surface area (Å²) < 4.78 is 0.887. The average molecular weight is 419 g/mol. The zero-order chi connectivity index (χ0) is 16.8. The molecule has 1 N–H and O–H groups in total. The van der Waals surface area contributed by atoms with Crippen molar-refractivity contribution in [1.82, 2.24) is 15.1 Å². The summed E-state index contributed by atoms with van der Waals surface area (Å²) in [6.07, 6.45) is 3.98. The fourth-order valence-electron chi connectivity index (χ4n) is 2.53. The summed E-state index contributed by atoms with van der Waals surface area (Å²) in [6, 6.07) is 6.76. The first kappa shape index (κ1) is 20.5. The van der Waals surface area contributed by atoms with Crippen LogP contribution in [0.15, 0.2) is 28.6 Å². The molecule has 25 heavy (non-hydrogen) atoms. The summed E-state index contributed by atoms with van der Waals surface area (Å²) >= 11 is 8.93. The molecule has 1 aromatic heterocycles. The van der Waals surface area contributed by atoms with Gasteiger partial charge in [0.2, 0.25) is 5.13 Å². The van der Waals surface area contributed by atoms with E-state index in [0.29, 0.717) is 15.7 Å². The molecule has 5 nitrogen and oxygen atoms in total. The van der Waals surface area contributed by atoms with Gasteiger partial charge in [0.05, 0.1) is 0 Å². The number of likely N-dealkylation sites (tertiary alicyclic amines) is 1. The number of hydrogen-bond acceptors (Lipinski definition) is 6. The van der Waals surface area contributed by atoms with Crippen molar-refractivity contribution >= 4 is 58.1 Å². The molecule has 0 radical (unpaired) electrons. The van der Waals surface area contributed by atoms with Crippen LogP contribution in [0.1, 0.15) is 29.6 Å². The van der Waals surface area contributed by atoms with Gasteiger partial charge >= 0.3 is 0 Å². The maximum atomic E-state index is 12.1. The Bertz CT molecular complexity index is 675. The highest BCUT2D eigenvalue weighted by Gasteiger charge is 2.12. The molecular formula is C16H20Cl2N4OS2. The van der Waals surface area contributed by atoms with Gasteiger partial charge in [-0.25, -0.2) is 0 Å². The number of nitrogens with zero attached hydrogens (tertiary/aromatic N) is 3. The predicted molar refractivity (Wildman–Crippen MR) is 108 cm³/mol. The number of halogens is 2. The van der Waals surface area contributed by atoms with Crippen molar-refractivity contribution < 1.29 is 4.79 Å². The Kier molecular flexibility index (Phi) is 8.45. The summed E-state index contributed by atoms with van der Waals surface area (Å²) in [4.78, 5) is 14.6. The van der Waals surface area contributed by atoms with Gasteiger partial charge in [0.15, 0.2) is 4.34 Å². The molecule has 3 rings (SSSR count). The Morgan fingerprint density at radius 3 is 2.64 bits per heavy atom. The maximum Gasteiger partial charge on any atom is 0.257 e. The van der Waals surface area contributed by atoms with E-state index in [1.54, 1.807) is 36.0 Å². The molecular weight excluding hydrogens is 399 g/mol. The van der Waals surface area contributed by atoms with Crippen molar-refractivity contribution in [3.05, 3.63) is 34.9 Å². The Hall–Kier alpha value is -0.860. The lowest BCUT2D eigenvalue weighted by Gasteiger charge is -2.25. The third-order valence-corrected chi connectivity index (χ3v) is 6.02. The van der Waals surface area contributed by atoms with E-state index in [-0.39, 0.29) is 18.3 Å². The van der Waals surface area contributed by atoms with Crippen LogP contribution >= 0.6 is 47.1 Å². The number of hydrogen-bond donors (Lipinski definition) is 1. The topological polar surface area (TPSA) is 58.1 Å². The van der Waals surface area contributed by atoms with Crippen molar-refractivity contribution in [2.24, 2.45) is 0 Å². The van der Waals surface area contributed by atoms with Gasteiger partial charge in [-0.2, -0.15) is 0 Å². The van der Waals surface area contributed by atoms with Crippen molar-refractivity contribution in [2.75, 3.05) is 30.7 Å². The molecule has 136 valence electrons. The zero-order valence-electron chi connectivity index (χ0n) is 13.6. The second-order valence-corrected chi connectivity index (χ2v) is 8.34. The number of rotatable bonds is 6. The van der Waals surface area contributed by atoms with E-state index in [1.165, 1.54) is 43.7 Å². The molecule has 9 heteroatoms. The predicted octanol–water partition coefficient (Wildman–Crippen LogP) is 4.44. The monoisotopic (exact) mass is 418 g/mol. The molecule has 0 bridgehead atoms. The van der Waals surface area contributed by atoms with Crippen molar-refractivity contribution in [3.63, 3.8) is 0 Å². The molecule has 1 saturated heterocycles. The smallest absolute Gasteiger partial charge is 0.257 e. The van der Waals surface area contributed by atoms with Crippen LogP contribution in [0.2, 0.25) is 5.02 Å². The molecule has 0 atom stereocenters. The lowest BCUT2D eigenvalue weighted by molar-refractivity contribution is 0.102. The normalized spacial score (nSPS) is 14.8. The maximum absolute atomic E-state index is 12.1. The first-order valence-electron chi connectivity index (χ1n) is 7.96. The molecule has 2 aromatic rings. The number of anilines is 1. The second-order valence-electron chi connectivity index (χ2n) is 5.58. The van der Waals surface area contributed by atoms with Gasteiger partial charge in [0, 0.05) is 22.9 Å². The number of carbonyl (C=O) groups excluding carboxylic acids is 1. The lowest BCUT2D eigenvalue weighted by atomic mass is 10.1. The number of benzene rings is 1.